The molecule has 0 saturated carbocycles. The van der Waals surface area contributed by atoms with Crippen molar-refractivity contribution in [2.75, 3.05) is 6.61 Å². The fraction of sp³-hybridized carbons (Fsp3) is 0.308. The molecule has 0 bridgehead atoms. The van der Waals surface area contributed by atoms with Gasteiger partial charge in [0.2, 0.25) is 5.76 Å². The summed E-state index contributed by atoms with van der Waals surface area (Å²) in [5, 5.41) is 0.934. The van der Waals surface area contributed by atoms with Crippen LogP contribution in [0.3, 0.4) is 0 Å². The van der Waals surface area contributed by atoms with E-state index in [0.29, 0.717) is 12.2 Å². The van der Waals surface area contributed by atoms with E-state index in [4.69, 9.17) is 9.15 Å². The van der Waals surface area contributed by atoms with E-state index in [1.807, 2.05) is 32.0 Å². The van der Waals surface area contributed by atoms with E-state index in [2.05, 4.69) is 0 Å². The maximum absolute atomic E-state index is 11.5. The summed E-state index contributed by atoms with van der Waals surface area (Å²) in [5.74, 6) is -0.121. The molecule has 1 aromatic heterocycles. The quantitative estimate of drug-likeness (QED) is 0.742. The van der Waals surface area contributed by atoms with Gasteiger partial charge in [-0.3, -0.25) is 0 Å². The number of furan rings is 1. The standard InChI is InChI=1S/C13H14O3/c1-3-6-15-13(14)12-8-10-7-9(2)4-5-11(10)16-12/h4-5,7-8H,3,6H2,1-2H3. The second kappa shape index (κ2) is 4.39. The third-order valence-electron chi connectivity index (χ3n) is 2.31. The molecule has 1 aromatic carbocycles. The lowest BCUT2D eigenvalue weighted by Crippen LogP contribution is -2.04. The fourth-order valence-electron chi connectivity index (χ4n) is 1.53. The molecule has 0 radical (unpaired) electrons. The maximum Gasteiger partial charge on any atom is 0.374 e. The lowest BCUT2D eigenvalue weighted by Gasteiger charge is -1.98. The molecule has 3 nitrogen and oxygen atoms in total. The van der Waals surface area contributed by atoms with Crippen LogP contribution in [-0.4, -0.2) is 12.6 Å². The molecule has 1 heterocycles. The molecular formula is C13H14O3. The molecule has 0 unspecified atom stereocenters. The van der Waals surface area contributed by atoms with Crippen LogP contribution in [0.25, 0.3) is 11.0 Å². The van der Waals surface area contributed by atoms with Gasteiger partial charge in [0.05, 0.1) is 6.61 Å². The van der Waals surface area contributed by atoms with Crippen LogP contribution in [0.2, 0.25) is 0 Å². The van der Waals surface area contributed by atoms with Crippen LogP contribution in [0.1, 0.15) is 29.5 Å². The summed E-state index contributed by atoms with van der Waals surface area (Å²) in [5.41, 5.74) is 1.86. The average molecular weight is 218 g/mol. The van der Waals surface area contributed by atoms with Crippen LogP contribution in [0.4, 0.5) is 0 Å². The molecule has 0 spiro atoms. The molecule has 2 aromatic rings. The lowest BCUT2D eigenvalue weighted by atomic mass is 10.2. The van der Waals surface area contributed by atoms with E-state index in [1.165, 1.54) is 0 Å². The number of carbonyl (C=O) groups excluding carboxylic acids is 1. The summed E-state index contributed by atoms with van der Waals surface area (Å²) in [7, 11) is 0. The summed E-state index contributed by atoms with van der Waals surface area (Å²) >= 11 is 0. The monoisotopic (exact) mass is 218 g/mol. The minimum absolute atomic E-state index is 0.272. The van der Waals surface area contributed by atoms with E-state index in [0.717, 1.165) is 17.4 Å². The molecule has 0 aliphatic heterocycles. The van der Waals surface area contributed by atoms with Crippen LogP contribution in [0, 0.1) is 6.92 Å². The summed E-state index contributed by atoms with van der Waals surface area (Å²) in [6, 6.07) is 7.52. The number of carbonyl (C=O) groups is 1. The first-order valence-electron chi connectivity index (χ1n) is 5.38. The number of hydrogen-bond donors (Lipinski definition) is 0. The molecule has 0 atom stereocenters. The summed E-state index contributed by atoms with van der Waals surface area (Å²) in [4.78, 5) is 11.5. The molecule has 0 N–H and O–H groups in total. The first kappa shape index (κ1) is 10.7. The number of benzene rings is 1. The van der Waals surface area contributed by atoms with Gasteiger partial charge in [-0.15, -0.1) is 0 Å². The van der Waals surface area contributed by atoms with E-state index < -0.39 is 5.97 Å². The second-order valence-electron chi connectivity index (χ2n) is 3.79. The van der Waals surface area contributed by atoms with Crippen LogP contribution < -0.4 is 0 Å². The van der Waals surface area contributed by atoms with Gasteiger partial charge in [0.1, 0.15) is 5.58 Å². The molecule has 3 heteroatoms. The molecule has 0 saturated heterocycles. The first-order valence-corrected chi connectivity index (χ1v) is 5.38. The highest BCUT2D eigenvalue weighted by Crippen LogP contribution is 2.21. The van der Waals surface area contributed by atoms with Crippen LogP contribution in [-0.2, 0) is 4.74 Å². The number of esters is 1. The smallest absolute Gasteiger partial charge is 0.374 e. The van der Waals surface area contributed by atoms with Gasteiger partial charge in [0, 0.05) is 5.39 Å². The first-order chi connectivity index (χ1) is 7.70. The molecule has 2 rings (SSSR count). The van der Waals surface area contributed by atoms with E-state index in [-0.39, 0.29) is 5.76 Å². The van der Waals surface area contributed by atoms with E-state index >= 15 is 0 Å². The maximum atomic E-state index is 11.5. The van der Waals surface area contributed by atoms with Crippen molar-refractivity contribution in [3.8, 4) is 0 Å². The van der Waals surface area contributed by atoms with Gasteiger partial charge < -0.3 is 9.15 Å². The Balaban J connectivity index is 2.28. The van der Waals surface area contributed by atoms with E-state index in [1.54, 1.807) is 6.07 Å². The minimum atomic E-state index is -0.393. The predicted molar refractivity (Wildman–Crippen MR) is 61.5 cm³/mol. The highest BCUT2D eigenvalue weighted by molar-refractivity contribution is 5.92. The Morgan fingerprint density at radius 1 is 1.38 bits per heavy atom. The second-order valence-corrected chi connectivity index (χ2v) is 3.79. The van der Waals surface area contributed by atoms with Crippen LogP contribution in [0.15, 0.2) is 28.7 Å². The topological polar surface area (TPSA) is 39.4 Å². The molecule has 16 heavy (non-hydrogen) atoms. The number of ether oxygens (including phenoxy) is 1. The Labute approximate surface area is 94.0 Å². The summed E-state index contributed by atoms with van der Waals surface area (Å²) in [6.07, 6.45) is 0.811. The van der Waals surface area contributed by atoms with Crippen molar-refractivity contribution in [1.82, 2.24) is 0 Å². The zero-order chi connectivity index (χ0) is 11.5. The Bertz CT molecular complexity index is 511. The average Bonchev–Trinajstić information content (AvgIpc) is 2.68. The minimum Gasteiger partial charge on any atom is -0.460 e. The highest BCUT2D eigenvalue weighted by atomic mass is 16.5. The molecule has 0 aliphatic rings. The van der Waals surface area contributed by atoms with Gasteiger partial charge in [-0.25, -0.2) is 4.79 Å². The third-order valence-corrected chi connectivity index (χ3v) is 2.31. The fourth-order valence-corrected chi connectivity index (χ4v) is 1.53. The predicted octanol–water partition coefficient (Wildman–Crippen LogP) is 3.31. The largest absolute Gasteiger partial charge is 0.460 e. The number of hydrogen-bond acceptors (Lipinski definition) is 3. The Kier molecular flexibility index (Phi) is 2.95. The van der Waals surface area contributed by atoms with Crippen molar-refractivity contribution in [3.63, 3.8) is 0 Å². The summed E-state index contributed by atoms with van der Waals surface area (Å²) in [6.45, 7) is 4.38. The SMILES string of the molecule is CCCOC(=O)c1cc2cc(C)ccc2o1. The Morgan fingerprint density at radius 3 is 2.94 bits per heavy atom. The number of aryl methyl sites for hydroxylation is 1. The molecule has 0 aliphatic carbocycles. The zero-order valence-corrected chi connectivity index (χ0v) is 9.45. The zero-order valence-electron chi connectivity index (χ0n) is 9.45. The normalized spacial score (nSPS) is 10.6. The van der Waals surface area contributed by atoms with Crippen molar-refractivity contribution >= 4 is 16.9 Å². The molecule has 0 amide bonds. The van der Waals surface area contributed by atoms with Crippen LogP contribution in [0.5, 0.6) is 0 Å². The van der Waals surface area contributed by atoms with Crippen LogP contribution >= 0.6 is 0 Å². The van der Waals surface area contributed by atoms with Crippen molar-refractivity contribution in [2.24, 2.45) is 0 Å². The van der Waals surface area contributed by atoms with Gasteiger partial charge in [-0.2, -0.15) is 0 Å². The van der Waals surface area contributed by atoms with Crippen molar-refractivity contribution in [1.29, 1.82) is 0 Å². The molecule has 84 valence electrons. The molecular weight excluding hydrogens is 204 g/mol. The number of rotatable bonds is 3. The Hall–Kier alpha value is -1.77. The summed E-state index contributed by atoms with van der Waals surface area (Å²) < 4.78 is 10.4. The van der Waals surface area contributed by atoms with Crippen molar-refractivity contribution in [2.45, 2.75) is 20.3 Å². The van der Waals surface area contributed by atoms with Gasteiger partial charge in [0.15, 0.2) is 0 Å². The van der Waals surface area contributed by atoms with Gasteiger partial charge >= 0.3 is 5.97 Å². The third kappa shape index (κ3) is 2.08. The molecule has 0 fully saturated rings. The van der Waals surface area contributed by atoms with Gasteiger partial charge in [0.25, 0.3) is 0 Å². The van der Waals surface area contributed by atoms with Crippen molar-refractivity contribution < 1.29 is 13.9 Å². The number of fused-ring (bicyclic) bond motifs is 1. The van der Waals surface area contributed by atoms with Crippen molar-refractivity contribution in [3.05, 3.63) is 35.6 Å². The highest BCUT2D eigenvalue weighted by Gasteiger charge is 2.13. The van der Waals surface area contributed by atoms with E-state index in [9.17, 15) is 4.79 Å². The lowest BCUT2D eigenvalue weighted by molar-refractivity contribution is 0.0471. The Morgan fingerprint density at radius 2 is 2.19 bits per heavy atom. The van der Waals surface area contributed by atoms with Gasteiger partial charge in [-0.1, -0.05) is 18.6 Å². The van der Waals surface area contributed by atoms with Gasteiger partial charge in [-0.05, 0) is 31.5 Å².